The Kier molecular flexibility index (Phi) is 6.32. The molecule has 1 aromatic carbocycles. The lowest BCUT2D eigenvalue weighted by Crippen LogP contribution is -2.36. The fourth-order valence-electron chi connectivity index (χ4n) is 2.89. The summed E-state index contributed by atoms with van der Waals surface area (Å²) in [6.07, 6.45) is 2.83. The molecule has 150 valence electrons. The fourth-order valence-corrected chi connectivity index (χ4v) is 3.11. The zero-order valence-corrected chi connectivity index (χ0v) is 16.8. The third-order valence-electron chi connectivity index (χ3n) is 4.29. The van der Waals surface area contributed by atoms with Crippen molar-refractivity contribution in [2.75, 3.05) is 0 Å². The van der Waals surface area contributed by atoms with Crippen LogP contribution in [-0.4, -0.2) is 36.8 Å². The molecule has 0 aliphatic heterocycles. The molecule has 0 fully saturated rings. The number of benzene rings is 1. The summed E-state index contributed by atoms with van der Waals surface area (Å²) < 4.78 is 1.74. The molecule has 2 aromatic heterocycles. The van der Waals surface area contributed by atoms with E-state index in [2.05, 4.69) is 20.4 Å². The highest BCUT2D eigenvalue weighted by atomic mass is 35.5. The molecule has 2 heterocycles. The predicted octanol–water partition coefficient (Wildman–Crippen LogP) is 2.60. The molecule has 3 N–H and O–H groups in total. The van der Waals surface area contributed by atoms with Crippen molar-refractivity contribution in [2.45, 2.75) is 39.0 Å². The average molecular weight is 413 g/mol. The predicted molar refractivity (Wildman–Crippen MR) is 108 cm³/mol. The van der Waals surface area contributed by atoms with Crippen LogP contribution in [0.15, 0.2) is 36.7 Å². The van der Waals surface area contributed by atoms with Gasteiger partial charge in [-0.1, -0.05) is 17.7 Å². The van der Waals surface area contributed by atoms with Crippen molar-refractivity contribution in [3.8, 4) is 17.3 Å². The van der Waals surface area contributed by atoms with Crippen molar-refractivity contribution in [3.63, 3.8) is 0 Å². The molecule has 9 heteroatoms. The molecule has 0 saturated heterocycles. The van der Waals surface area contributed by atoms with Gasteiger partial charge in [0.25, 0.3) is 0 Å². The second-order valence-corrected chi connectivity index (χ2v) is 7.25. The molecule has 0 aliphatic rings. The van der Waals surface area contributed by atoms with Crippen LogP contribution < -0.4 is 5.32 Å². The number of amides is 1. The Labute approximate surface area is 173 Å². The van der Waals surface area contributed by atoms with Gasteiger partial charge in [0.05, 0.1) is 29.2 Å². The van der Waals surface area contributed by atoms with Gasteiger partial charge >= 0.3 is 0 Å². The van der Waals surface area contributed by atoms with E-state index in [1.807, 2.05) is 25.3 Å². The minimum Gasteiger partial charge on any atom is -0.385 e. The Morgan fingerprint density at radius 2 is 2.21 bits per heavy atom. The van der Waals surface area contributed by atoms with Crippen LogP contribution >= 0.6 is 11.6 Å². The molecule has 29 heavy (non-hydrogen) atoms. The smallest absolute Gasteiger partial charge is 0.226 e. The van der Waals surface area contributed by atoms with Crippen molar-refractivity contribution < 1.29 is 9.90 Å². The van der Waals surface area contributed by atoms with Crippen LogP contribution in [0.25, 0.3) is 11.3 Å². The van der Waals surface area contributed by atoms with Crippen LogP contribution in [0.4, 0.5) is 0 Å². The highest BCUT2D eigenvalue weighted by Gasteiger charge is 2.13. The average Bonchev–Trinajstić information content (AvgIpc) is 3.31. The largest absolute Gasteiger partial charge is 0.385 e. The fraction of sp³-hybridized carbons (Fsp3) is 0.300. The van der Waals surface area contributed by atoms with E-state index in [9.17, 15) is 9.90 Å². The number of carbonyl (C=O) groups excluding carboxylic acids is 1. The van der Waals surface area contributed by atoms with Crippen LogP contribution in [0, 0.1) is 11.3 Å². The molecule has 0 aliphatic carbocycles. The zero-order valence-electron chi connectivity index (χ0n) is 16.1. The van der Waals surface area contributed by atoms with Crippen LogP contribution in [0.1, 0.15) is 37.0 Å². The van der Waals surface area contributed by atoms with Crippen molar-refractivity contribution in [1.29, 1.82) is 5.26 Å². The van der Waals surface area contributed by atoms with E-state index in [-0.39, 0.29) is 18.4 Å². The summed E-state index contributed by atoms with van der Waals surface area (Å²) in [6, 6.07) is 8.92. The number of hydrogen-bond donors (Lipinski definition) is 3. The van der Waals surface area contributed by atoms with E-state index < -0.39 is 6.10 Å². The number of aliphatic hydroxyl groups excluding tert-OH is 1. The number of nitrogens with zero attached hydrogens (tertiary/aromatic N) is 4. The first-order chi connectivity index (χ1) is 13.9. The van der Waals surface area contributed by atoms with Crippen LogP contribution in [0.5, 0.6) is 0 Å². The van der Waals surface area contributed by atoms with Crippen molar-refractivity contribution >= 4 is 17.5 Å². The summed E-state index contributed by atoms with van der Waals surface area (Å²) in [4.78, 5) is 19.2. The van der Waals surface area contributed by atoms with Crippen LogP contribution in [-0.2, 0) is 17.8 Å². The molecule has 1 amide bonds. The van der Waals surface area contributed by atoms with Gasteiger partial charge in [-0.15, -0.1) is 0 Å². The topological polar surface area (TPSA) is 120 Å². The third-order valence-corrected chi connectivity index (χ3v) is 4.60. The second-order valence-electron chi connectivity index (χ2n) is 6.84. The number of imidazole rings is 1. The van der Waals surface area contributed by atoms with Gasteiger partial charge < -0.3 is 15.4 Å². The van der Waals surface area contributed by atoms with Crippen LogP contribution in [0.2, 0.25) is 5.02 Å². The van der Waals surface area contributed by atoms with E-state index >= 15 is 0 Å². The molecule has 0 saturated carbocycles. The molecular formula is C20H21ClN6O2. The molecule has 1 unspecified atom stereocenters. The number of nitriles is 1. The Morgan fingerprint density at radius 1 is 1.41 bits per heavy atom. The van der Waals surface area contributed by atoms with Crippen molar-refractivity contribution in [2.24, 2.45) is 0 Å². The summed E-state index contributed by atoms with van der Waals surface area (Å²) in [5.41, 5.74) is 2.62. The molecule has 2 atom stereocenters. The molecular weight excluding hydrogens is 392 g/mol. The molecule has 0 radical (unpaired) electrons. The Morgan fingerprint density at radius 3 is 2.86 bits per heavy atom. The normalized spacial score (nSPS) is 12.9. The lowest BCUT2D eigenvalue weighted by molar-refractivity contribution is -0.121. The van der Waals surface area contributed by atoms with Gasteiger partial charge in [0.1, 0.15) is 18.0 Å². The van der Waals surface area contributed by atoms with E-state index in [1.165, 1.54) is 0 Å². The molecule has 8 nitrogen and oxygen atoms in total. The van der Waals surface area contributed by atoms with Gasteiger partial charge in [0.2, 0.25) is 5.91 Å². The summed E-state index contributed by atoms with van der Waals surface area (Å²) in [6.45, 7) is 4.00. The Balaban J connectivity index is 1.57. The number of rotatable bonds is 7. The molecule has 0 bridgehead atoms. The number of carbonyl (C=O) groups is 1. The summed E-state index contributed by atoms with van der Waals surface area (Å²) in [7, 11) is 0. The SMILES string of the molecule is CC(O)c1ncc(CC(=O)N[C@@H](C)Cn2ccc(-c3ccc(C#N)c(Cl)c3)n2)[nH]1. The van der Waals surface area contributed by atoms with E-state index in [0.717, 1.165) is 11.3 Å². The third kappa shape index (κ3) is 5.22. The van der Waals surface area contributed by atoms with E-state index in [0.29, 0.717) is 28.6 Å². The zero-order chi connectivity index (χ0) is 21.0. The van der Waals surface area contributed by atoms with Crippen molar-refractivity contribution in [3.05, 3.63) is 58.8 Å². The van der Waals surface area contributed by atoms with Gasteiger partial charge in [-0.2, -0.15) is 10.4 Å². The van der Waals surface area contributed by atoms with Gasteiger partial charge in [-0.05, 0) is 32.0 Å². The number of hydrogen-bond acceptors (Lipinski definition) is 5. The van der Waals surface area contributed by atoms with Crippen LogP contribution in [0.3, 0.4) is 0 Å². The standard InChI is InChI=1S/C20H21ClN6O2/c1-12(24-19(29)8-16-10-23-20(25-16)13(2)28)11-27-6-5-18(26-27)14-3-4-15(9-22)17(21)7-14/h3-7,10,12-13,28H,8,11H2,1-2H3,(H,23,25)(H,24,29)/t12-,13?/m0/s1. The number of aromatic amines is 1. The quantitative estimate of drug-likeness (QED) is 0.551. The highest BCUT2D eigenvalue weighted by Crippen LogP contribution is 2.24. The highest BCUT2D eigenvalue weighted by molar-refractivity contribution is 6.32. The number of halogens is 1. The van der Waals surface area contributed by atoms with E-state index in [1.54, 1.807) is 36.0 Å². The number of aliphatic hydroxyl groups is 1. The minimum absolute atomic E-state index is 0.140. The number of nitrogens with one attached hydrogen (secondary N) is 2. The van der Waals surface area contributed by atoms with Gasteiger partial charge in [0.15, 0.2) is 0 Å². The summed E-state index contributed by atoms with van der Waals surface area (Å²) >= 11 is 6.09. The first-order valence-corrected chi connectivity index (χ1v) is 9.48. The Hall–Kier alpha value is -3.15. The molecule has 3 aromatic rings. The first-order valence-electron chi connectivity index (χ1n) is 9.10. The number of H-pyrrole nitrogens is 1. The van der Waals surface area contributed by atoms with Gasteiger partial charge in [-0.25, -0.2) is 4.98 Å². The lowest BCUT2D eigenvalue weighted by atomic mass is 10.1. The molecule has 3 rings (SSSR count). The summed E-state index contributed by atoms with van der Waals surface area (Å²) in [5.74, 6) is 0.289. The summed E-state index contributed by atoms with van der Waals surface area (Å²) in [5, 5.41) is 26.3. The maximum absolute atomic E-state index is 12.2. The van der Waals surface area contributed by atoms with E-state index in [4.69, 9.17) is 16.9 Å². The maximum atomic E-state index is 12.2. The van der Waals surface area contributed by atoms with Gasteiger partial charge in [-0.3, -0.25) is 9.48 Å². The minimum atomic E-state index is -0.703. The lowest BCUT2D eigenvalue weighted by Gasteiger charge is -2.13. The monoisotopic (exact) mass is 412 g/mol. The van der Waals surface area contributed by atoms with Crippen molar-refractivity contribution in [1.82, 2.24) is 25.1 Å². The number of aromatic nitrogens is 4. The second kappa shape index (κ2) is 8.90. The maximum Gasteiger partial charge on any atom is 0.226 e. The first kappa shape index (κ1) is 20.6. The Bertz CT molecular complexity index is 1050. The molecule has 0 spiro atoms. The van der Waals surface area contributed by atoms with Gasteiger partial charge in [0, 0.05) is 29.7 Å².